The second-order valence-electron chi connectivity index (χ2n) is 4.64. The summed E-state index contributed by atoms with van der Waals surface area (Å²) in [6, 6.07) is 3.54. The Bertz CT molecular complexity index is 563. The third-order valence-corrected chi connectivity index (χ3v) is 2.83. The highest BCUT2D eigenvalue weighted by Crippen LogP contribution is 2.29. The van der Waals surface area contributed by atoms with E-state index in [0.717, 1.165) is 16.1 Å². The van der Waals surface area contributed by atoms with Gasteiger partial charge in [0.25, 0.3) is 0 Å². The average molecular weight is 357 g/mol. The maximum Gasteiger partial charge on any atom is 0.344 e. The van der Waals surface area contributed by atoms with E-state index in [9.17, 15) is 9.59 Å². The molecule has 1 aromatic rings. The molecule has 6 heteroatoms. The third kappa shape index (κ3) is 5.99. The monoisotopic (exact) mass is 356 g/mol. The molecule has 1 N–H and O–H groups in total. The summed E-state index contributed by atoms with van der Waals surface area (Å²) in [6.45, 7) is 5.09. The van der Waals surface area contributed by atoms with Crippen LogP contribution >= 0.6 is 15.9 Å². The molecule has 0 aromatic heterocycles. The van der Waals surface area contributed by atoms with Gasteiger partial charge < -0.3 is 14.6 Å². The van der Waals surface area contributed by atoms with E-state index in [2.05, 4.69) is 15.9 Å². The van der Waals surface area contributed by atoms with E-state index in [1.807, 2.05) is 13.0 Å². The summed E-state index contributed by atoms with van der Waals surface area (Å²) in [7, 11) is 0. The molecule has 0 aliphatic heterocycles. The molecule has 0 fully saturated rings. The van der Waals surface area contributed by atoms with Gasteiger partial charge in [0.2, 0.25) is 0 Å². The van der Waals surface area contributed by atoms with Crippen LogP contribution in [0, 0.1) is 6.92 Å². The van der Waals surface area contributed by atoms with E-state index in [-0.39, 0.29) is 12.7 Å². The summed E-state index contributed by atoms with van der Waals surface area (Å²) in [5.74, 6) is -1.07. The number of carbonyl (C=O) groups is 2. The number of aliphatic carboxylic acids is 1. The predicted octanol–water partition coefficient (Wildman–Crippen LogP) is 3.19. The molecule has 114 valence electrons. The third-order valence-electron chi connectivity index (χ3n) is 2.38. The number of carboxylic acids is 1. The van der Waals surface area contributed by atoms with Crippen LogP contribution in [0.5, 0.6) is 5.75 Å². The quantitative estimate of drug-likeness (QED) is 0.625. The number of halogens is 1. The van der Waals surface area contributed by atoms with Gasteiger partial charge >= 0.3 is 11.9 Å². The number of rotatable bonds is 6. The maximum atomic E-state index is 11.5. The first-order valence-electron chi connectivity index (χ1n) is 6.33. The fourth-order valence-corrected chi connectivity index (χ4v) is 2.26. The van der Waals surface area contributed by atoms with Crippen molar-refractivity contribution < 1.29 is 24.2 Å². The Hall–Kier alpha value is -1.82. The number of carbonyl (C=O) groups excluding carboxylic acids is 1. The Balaban J connectivity index is 2.94. The lowest BCUT2D eigenvalue weighted by molar-refractivity contribution is -0.149. The van der Waals surface area contributed by atoms with Crippen LogP contribution in [0.1, 0.15) is 25.0 Å². The fraction of sp³-hybridized carbons (Fsp3) is 0.333. The Morgan fingerprint density at radius 1 is 1.38 bits per heavy atom. The number of ether oxygens (including phenoxy) is 2. The zero-order valence-electron chi connectivity index (χ0n) is 12.1. The summed E-state index contributed by atoms with van der Waals surface area (Å²) in [4.78, 5) is 22.1. The first-order valence-corrected chi connectivity index (χ1v) is 7.12. The molecule has 0 amide bonds. The molecule has 0 radical (unpaired) electrons. The smallest absolute Gasteiger partial charge is 0.344 e. The van der Waals surface area contributed by atoms with E-state index in [1.54, 1.807) is 19.9 Å². The summed E-state index contributed by atoms with van der Waals surface area (Å²) < 4.78 is 11.3. The van der Waals surface area contributed by atoms with Crippen molar-refractivity contribution in [3.8, 4) is 5.75 Å². The molecule has 0 atom stereocenters. The zero-order chi connectivity index (χ0) is 16.0. The first-order chi connectivity index (χ1) is 9.79. The summed E-state index contributed by atoms with van der Waals surface area (Å²) >= 11 is 3.34. The first kappa shape index (κ1) is 17.2. The summed E-state index contributed by atoms with van der Waals surface area (Å²) in [5.41, 5.74) is 1.35. The van der Waals surface area contributed by atoms with Crippen LogP contribution in [0.25, 0.3) is 6.08 Å². The van der Waals surface area contributed by atoms with Crippen molar-refractivity contribution in [1.29, 1.82) is 0 Å². The molecule has 1 aromatic carbocycles. The van der Waals surface area contributed by atoms with Gasteiger partial charge in [-0.3, -0.25) is 0 Å². The Morgan fingerprint density at radius 2 is 2.05 bits per heavy atom. The van der Waals surface area contributed by atoms with E-state index in [4.69, 9.17) is 14.6 Å². The Morgan fingerprint density at radius 3 is 2.62 bits per heavy atom. The Labute approximate surface area is 131 Å². The molecule has 5 nitrogen and oxygen atoms in total. The van der Waals surface area contributed by atoms with E-state index < -0.39 is 11.9 Å². The number of esters is 1. The number of carboxylic acid groups (broad SMARTS) is 1. The lowest BCUT2D eigenvalue weighted by atomic mass is 10.1. The number of aryl methyl sites for hydroxylation is 1. The largest absolute Gasteiger partial charge is 0.481 e. The van der Waals surface area contributed by atoms with Crippen LogP contribution in [0.15, 0.2) is 22.7 Å². The molecule has 0 bridgehead atoms. The minimum atomic E-state index is -1.06. The van der Waals surface area contributed by atoms with Crippen molar-refractivity contribution in [3.63, 3.8) is 0 Å². The molecular weight excluding hydrogens is 340 g/mol. The van der Waals surface area contributed by atoms with Crippen LogP contribution in [0.2, 0.25) is 0 Å². The number of hydrogen-bond donors (Lipinski definition) is 1. The predicted molar refractivity (Wildman–Crippen MR) is 82.3 cm³/mol. The van der Waals surface area contributed by atoms with Gasteiger partial charge in [0.15, 0.2) is 6.61 Å². The molecule has 0 spiro atoms. The molecule has 1 rings (SSSR count). The van der Waals surface area contributed by atoms with E-state index in [1.165, 1.54) is 6.08 Å². The average Bonchev–Trinajstić information content (AvgIpc) is 2.33. The topological polar surface area (TPSA) is 72.8 Å². The van der Waals surface area contributed by atoms with Crippen molar-refractivity contribution in [2.75, 3.05) is 6.61 Å². The van der Waals surface area contributed by atoms with Crippen LogP contribution < -0.4 is 4.74 Å². The molecule has 0 heterocycles. The highest BCUT2D eigenvalue weighted by molar-refractivity contribution is 9.10. The van der Waals surface area contributed by atoms with Gasteiger partial charge in [0, 0.05) is 16.1 Å². The standard InChI is InChI=1S/C15H17BrO5/c1-9(2)21-14(19)8-20-15-10(3)6-12(16)7-11(15)4-5-13(17)18/h4-7,9H,8H2,1-3H3,(H,17,18)/b5-4+. The molecule has 0 saturated carbocycles. The van der Waals surface area contributed by atoms with Crippen molar-refractivity contribution in [1.82, 2.24) is 0 Å². The SMILES string of the molecule is Cc1cc(Br)cc(/C=C/C(=O)O)c1OCC(=O)OC(C)C. The molecule has 0 unspecified atom stereocenters. The molecule has 0 aliphatic carbocycles. The van der Waals surface area contributed by atoms with Gasteiger partial charge in [-0.2, -0.15) is 0 Å². The normalized spacial score (nSPS) is 10.9. The molecule has 21 heavy (non-hydrogen) atoms. The van der Waals surface area contributed by atoms with Gasteiger partial charge in [-0.05, 0) is 44.5 Å². The van der Waals surface area contributed by atoms with E-state index >= 15 is 0 Å². The maximum absolute atomic E-state index is 11.5. The van der Waals surface area contributed by atoms with Gasteiger partial charge in [0.1, 0.15) is 5.75 Å². The van der Waals surface area contributed by atoms with Crippen molar-refractivity contribution in [2.24, 2.45) is 0 Å². The highest BCUT2D eigenvalue weighted by atomic mass is 79.9. The minimum absolute atomic E-state index is 0.210. The lowest BCUT2D eigenvalue weighted by Crippen LogP contribution is -2.19. The minimum Gasteiger partial charge on any atom is -0.481 e. The van der Waals surface area contributed by atoms with Crippen LogP contribution in [-0.2, 0) is 14.3 Å². The lowest BCUT2D eigenvalue weighted by Gasteiger charge is -2.13. The van der Waals surface area contributed by atoms with Crippen molar-refractivity contribution in [2.45, 2.75) is 26.9 Å². The zero-order valence-corrected chi connectivity index (χ0v) is 13.6. The molecule has 0 aliphatic rings. The van der Waals surface area contributed by atoms with Gasteiger partial charge in [-0.25, -0.2) is 9.59 Å². The molecule has 0 saturated heterocycles. The fourth-order valence-electron chi connectivity index (χ4n) is 1.67. The second kappa shape index (κ2) is 7.83. The highest BCUT2D eigenvalue weighted by Gasteiger charge is 2.11. The van der Waals surface area contributed by atoms with Gasteiger partial charge in [-0.15, -0.1) is 0 Å². The van der Waals surface area contributed by atoms with Crippen LogP contribution in [-0.4, -0.2) is 29.8 Å². The van der Waals surface area contributed by atoms with Crippen molar-refractivity contribution >= 4 is 33.9 Å². The van der Waals surface area contributed by atoms with Crippen molar-refractivity contribution in [3.05, 3.63) is 33.8 Å². The molecular formula is C15H17BrO5. The van der Waals surface area contributed by atoms with E-state index in [0.29, 0.717) is 11.3 Å². The number of benzene rings is 1. The summed E-state index contributed by atoms with van der Waals surface area (Å²) in [5, 5.41) is 8.71. The second-order valence-corrected chi connectivity index (χ2v) is 5.56. The van der Waals surface area contributed by atoms with Crippen LogP contribution in [0.4, 0.5) is 0 Å². The Kier molecular flexibility index (Phi) is 6.42. The number of hydrogen-bond acceptors (Lipinski definition) is 4. The summed E-state index contributed by atoms with van der Waals surface area (Å²) in [6.07, 6.45) is 2.22. The van der Waals surface area contributed by atoms with Gasteiger partial charge in [-0.1, -0.05) is 15.9 Å². The van der Waals surface area contributed by atoms with Gasteiger partial charge in [0.05, 0.1) is 6.10 Å². The van der Waals surface area contributed by atoms with Crippen LogP contribution in [0.3, 0.4) is 0 Å².